The summed E-state index contributed by atoms with van der Waals surface area (Å²) in [4.78, 5) is 23.1. The molecule has 0 saturated carbocycles. The molecule has 0 bridgehead atoms. The van der Waals surface area contributed by atoms with Gasteiger partial charge >= 0.3 is 0 Å². The van der Waals surface area contributed by atoms with Crippen LogP contribution in [0.1, 0.15) is 6.92 Å². The van der Waals surface area contributed by atoms with Crippen LogP contribution in [-0.4, -0.2) is 116 Å². The zero-order chi connectivity index (χ0) is 20.0. The fourth-order valence-electron chi connectivity index (χ4n) is 2.37. The molecule has 152 valence electrons. The van der Waals surface area contributed by atoms with Crippen molar-refractivity contribution >= 4 is 11.7 Å². The van der Waals surface area contributed by atoms with Crippen molar-refractivity contribution in [1.29, 1.82) is 0 Å². The van der Waals surface area contributed by atoms with Crippen molar-refractivity contribution in [2.24, 2.45) is 0 Å². The molecule has 0 aromatic carbocycles. The molecule has 12 heteroatoms. The van der Waals surface area contributed by atoms with Crippen molar-refractivity contribution in [2.75, 3.05) is 19.8 Å². The van der Waals surface area contributed by atoms with Crippen molar-refractivity contribution < 1.29 is 54.8 Å². The minimum absolute atomic E-state index is 0.589. The van der Waals surface area contributed by atoms with Gasteiger partial charge in [-0.2, -0.15) is 0 Å². The molecule has 1 aliphatic heterocycles. The molecular weight excluding hydrogens is 358 g/mol. The van der Waals surface area contributed by atoms with Gasteiger partial charge in [0.05, 0.1) is 13.2 Å². The standard InChI is InChI=1S/C14H25NO11/c1-5(18)15-9-13(24)12(23)8(3-17)26-14(9)25-4-7(20)11(22)10(21)6(19)2-16/h6,8-14,16-17,19,21-24H,2-4H2,1H3,(H,15,18)/t6-,8+,9+,10+,11-,12+,13+,14+/m0/s1. The summed E-state index contributed by atoms with van der Waals surface area (Å²) in [6, 6.07) is -1.27. The number of Topliss-reactive ketones (excluding diaryl/α,β-unsaturated/α-hetero) is 1. The Morgan fingerprint density at radius 1 is 1.15 bits per heavy atom. The quantitative estimate of drug-likeness (QED) is 0.188. The van der Waals surface area contributed by atoms with Crippen LogP contribution in [0.25, 0.3) is 0 Å². The highest BCUT2D eigenvalue weighted by Gasteiger charge is 2.45. The summed E-state index contributed by atoms with van der Waals surface area (Å²) in [5.41, 5.74) is 0. The highest BCUT2D eigenvalue weighted by molar-refractivity contribution is 5.84. The Bertz CT molecular complexity index is 476. The lowest BCUT2D eigenvalue weighted by Gasteiger charge is -2.42. The third kappa shape index (κ3) is 5.64. The molecule has 0 radical (unpaired) electrons. The Morgan fingerprint density at radius 3 is 2.27 bits per heavy atom. The number of rotatable bonds is 9. The van der Waals surface area contributed by atoms with E-state index >= 15 is 0 Å². The zero-order valence-corrected chi connectivity index (χ0v) is 14.0. The normalized spacial score (nSPS) is 32.5. The summed E-state index contributed by atoms with van der Waals surface area (Å²) in [6.07, 6.45) is -11.6. The number of aliphatic hydroxyl groups is 7. The molecule has 1 aliphatic rings. The Balaban J connectivity index is 2.76. The first-order valence-corrected chi connectivity index (χ1v) is 7.82. The van der Waals surface area contributed by atoms with Gasteiger partial charge in [0.1, 0.15) is 49.3 Å². The molecule has 1 fully saturated rings. The SMILES string of the molecule is CC(=O)N[C@H]1[C@H](OCC(=O)[C@H](O)[C@H](O)[C@@H](O)CO)O[C@H](CO)[C@@H](O)[C@@H]1O. The van der Waals surface area contributed by atoms with Gasteiger partial charge in [-0.1, -0.05) is 0 Å². The third-order valence-corrected chi connectivity index (χ3v) is 3.88. The molecule has 8 N–H and O–H groups in total. The molecule has 26 heavy (non-hydrogen) atoms. The molecule has 1 saturated heterocycles. The molecule has 0 aromatic heterocycles. The van der Waals surface area contributed by atoms with Gasteiger partial charge in [0, 0.05) is 6.92 Å². The van der Waals surface area contributed by atoms with E-state index in [2.05, 4.69) is 5.32 Å². The van der Waals surface area contributed by atoms with Crippen LogP contribution >= 0.6 is 0 Å². The van der Waals surface area contributed by atoms with Crippen LogP contribution in [0, 0.1) is 0 Å². The van der Waals surface area contributed by atoms with Gasteiger partial charge in [-0.3, -0.25) is 9.59 Å². The summed E-state index contributed by atoms with van der Waals surface area (Å²) >= 11 is 0. The van der Waals surface area contributed by atoms with E-state index in [9.17, 15) is 35.1 Å². The molecule has 1 heterocycles. The van der Waals surface area contributed by atoms with Crippen molar-refractivity contribution in [3.8, 4) is 0 Å². The Kier molecular flexibility index (Phi) is 8.95. The van der Waals surface area contributed by atoms with Crippen molar-refractivity contribution in [3.63, 3.8) is 0 Å². The minimum Gasteiger partial charge on any atom is -0.394 e. The first-order valence-electron chi connectivity index (χ1n) is 7.82. The van der Waals surface area contributed by atoms with Crippen molar-refractivity contribution in [2.45, 2.75) is 55.9 Å². The lowest BCUT2D eigenvalue weighted by atomic mass is 9.97. The predicted molar refractivity (Wildman–Crippen MR) is 81.4 cm³/mol. The van der Waals surface area contributed by atoms with Crippen LogP contribution in [0.4, 0.5) is 0 Å². The van der Waals surface area contributed by atoms with Gasteiger partial charge in [0.2, 0.25) is 5.91 Å². The van der Waals surface area contributed by atoms with Gasteiger partial charge in [0.25, 0.3) is 0 Å². The predicted octanol–water partition coefficient (Wildman–Crippen LogP) is -5.41. The van der Waals surface area contributed by atoms with Crippen LogP contribution in [0.15, 0.2) is 0 Å². The third-order valence-electron chi connectivity index (χ3n) is 3.88. The van der Waals surface area contributed by atoms with Gasteiger partial charge < -0.3 is 50.5 Å². The van der Waals surface area contributed by atoms with E-state index in [1.165, 1.54) is 0 Å². The van der Waals surface area contributed by atoms with E-state index in [1.54, 1.807) is 0 Å². The highest BCUT2D eigenvalue weighted by atomic mass is 16.7. The Labute approximate surface area is 148 Å². The molecule has 8 atom stereocenters. The monoisotopic (exact) mass is 383 g/mol. The van der Waals surface area contributed by atoms with Gasteiger partial charge in [-0.15, -0.1) is 0 Å². The maximum atomic E-state index is 11.8. The summed E-state index contributed by atoms with van der Waals surface area (Å²) in [5.74, 6) is -1.66. The molecule has 1 rings (SSSR count). The van der Waals surface area contributed by atoms with Crippen LogP contribution in [-0.2, 0) is 19.1 Å². The van der Waals surface area contributed by atoms with E-state index in [0.29, 0.717) is 0 Å². The lowest BCUT2D eigenvalue weighted by Crippen LogP contribution is -2.64. The van der Waals surface area contributed by atoms with E-state index in [1.807, 2.05) is 0 Å². The maximum absolute atomic E-state index is 11.8. The zero-order valence-electron chi connectivity index (χ0n) is 14.0. The molecule has 1 amide bonds. The second kappa shape index (κ2) is 10.2. The number of aliphatic hydroxyl groups excluding tert-OH is 7. The first kappa shape index (κ1) is 22.8. The van der Waals surface area contributed by atoms with Crippen molar-refractivity contribution in [1.82, 2.24) is 5.32 Å². The molecule has 12 nitrogen and oxygen atoms in total. The lowest BCUT2D eigenvalue weighted by molar-refractivity contribution is -0.269. The number of ketones is 1. The van der Waals surface area contributed by atoms with Crippen LogP contribution in [0.2, 0.25) is 0 Å². The number of hydrogen-bond donors (Lipinski definition) is 8. The van der Waals surface area contributed by atoms with Crippen LogP contribution in [0.3, 0.4) is 0 Å². The molecule has 0 aromatic rings. The smallest absolute Gasteiger partial charge is 0.217 e. The minimum atomic E-state index is -2.07. The fraction of sp³-hybridized carbons (Fsp3) is 0.857. The van der Waals surface area contributed by atoms with E-state index < -0.39 is 80.5 Å². The Morgan fingerprint density at radius 2 is 1.77 bits per heavy atom. The maximum Gasteiger partial charge on any atom is 0.217 e. The average Bonchev–Trinajstić information content (AvgIpc) is 2.62. The number of ether oxygens (including phenoxy) is 2. The topological polar surface area (TPSA) is 206 Å². The van der Waals surface area contributed by atoms with Crippen molar-refractivity contribution in [3.05, 3.63) is 0 Å². The second-order valence-corrected chi connectivity index (χ2v) is 5.90. The molecule has 0 spiro atoms. The highest BCUT2D eigenvalue weighted by Crippen LogP contribution is 2.22. The summed E-state index contributed by atoms with van der Waals surface area (Å²) in [5, 5.41) is 68.4. The number of carbonyl (C=O) groups excluding carboxylic acids is 2. The summed E-state index contributed by atoms with van der Waals surface area (Å²) in [7, 11) is 0. The Hall–Kier alpha value is -1.22. The second-order valence-electron chi connectivity index (χ2n) is 5.90. The molecular formula is C14H25NO11. The number of hydrogen-bond acceptors (Lipinski definition) is 11. The van der Waals surface area contributed by atoms with Gasteiger partial charge in [-0.05, 0) is 0 Å². The van der Waals surface area contributed by atoms with Gasteiger partial charge in [0.15, 0.2) is 12.1 Å². The number of amides is 1. The molecule has 0 unspecified atom stereocenters. The first-order chi connectivity index (χ1) is 12.1. The summed E-state index contributed by atoms with van der Waals surface area (Å²) < 4.78 is 10.3. The van der Waals surface area contributed by atoms with E-state index in [0.717, 1.165) is 6.92 Å². The number of nitrogens with one attached hydrogen (secondary N) is 1. The van der Waals surface area contributed by atoms with Crippen LogP contribution in [0.5, 0.6) is 0 Å². The van der Waals surface area contributed by atoms with Crippen LogP contribution < -0.4 is 5.32 Å². The average molecular weight is 383 g/mol. The van der Waals surface area contributed by atoms with E-state index in [-0.39, 0.29) is 0 Å². The fourth-order valence-corrected chi connectivity index (χ4v) is 2.37. The largest absolute Gasteiger partial charge is 0.394 e. The van der Waals surface area contributed by atoms with E-state index in [4.69, 9.17) is 19.7 Å². The summed E-state index contributed by atoms with van der Waals surface area (Å²) in [6.45, 7) is -1.28. The molecule has 0 aliphatic carbocycles. The van der Waals surface area contributed by atoms with Gasteiger partial charge in [-0.25, -0.2) is 0 Å². The number of carbonyl (C=O) groups is 2.